The van der Waals surface area contributed by atoms with E-state index in [0.717, 1.165) is 27.3 Å². The van der Waals surface area contributed by atoms with Crippen molar-refractivity contribution in [3.8, 4) is 0 Å². The summed E-state index contributed by atoms with van der Waals surface area (Å²) in [6.07, 6.45) is 3.03. The van der Waals surface area contributed by atoms with Gasteiger partial charge in [-0.25, -0.2) is 0 Å². The maximum Gasteiger partial charge on any atom is 0.257 e. The van der Waals surface area contributed by atoms with Crippen LogP contribution in [-0.4, -0.2) is 27.9 Å². The number of hydrogen-bond acceptors (Lipinski definition) is 4. The van der Waals surface area contributed by atoms with E-state index >= 15 is 0 Å². The van der Waals surface area contributed by atoms with E-state index in [1.165, 1.54) is 0 Å². The molecule has 5 nitrogen and oxygen atoms in total. The number of aromatic nitrogens is 1. The maximum absolute atomic E-state index is 13.3. The molecule has 0 saturated carbocycles. The van der Waals surface area contributed by atoms with E-state index in [2.05, 4.69) is 22.9 Å². The molecule has 1 aliphatic heterocycles. The standard InChI is InChI=1S/C23H23ClN2O3S/c1-14-13-30-20-10-16(3-2-8-27)9-18-21(20)26(14)12-19(22(18)28)23(29)25-11-15-4-6-17(24)7-5-15/h4-7,9-10,12,14,27H,2-3,8,11,13H2,1H3,(H,25,29). The number of nitrogens with zero attached hydrogens (tertiary/aromatic N) is 1. The Labute approximate surface area is 184 Å². The Balaban J connectivity index is 1.72. The molecule has 1 aliphatic rings. The van der Waals surface area contributed by atoms with Crippen LogP contribution in [0.15, 0.2) is 52.3 Å². The van der Waals surface area contributed by atoms with Crippen molar-refractivity contribution < 1.29 is 9.90 Å². The van der Waals surface area contributed by atoms with Crippen LogP contribution >= 0.6 is 23.4 Å². The first-order valence-electron chi connectivity index (χ1n) is 9.96. The molecule has 2 aromatic carbocycles. The second kappa shape index (κ2) is 8.84. The van der Waals surface area contributed by atoms with Crippen molar-refractivity contribution in [3.63, 3.8) is 0 Å². The van der Waals surface area contributed by atoms with Crippen LogP contribution in [-0.2, 0) is 13.0 Å². The Kier molecular flexibility index (Phi) is 6.18. The number of aliphatic hydroxyl groups is 1. The highest BCUT2D eigenvalue weighted by atomic mass is 35.5. The largest absolute Gasteiger partial charge is 0.396 e. The zero-order valence-corrected chi connectivity index (χ0v) is 18.2. The Morgan fingerprint density at radius 3 is 2.77 bits per heavy atom. The van der Waals surface area contributed by atoms with Crippen LogP contribution in [0.5, 0.6) is 0 Å². The van der Waals surface area contributed by atoms with E-state index < -0.39 is 0 Å². The Morgan fingerprint density at radius 1 is 1.27 bits per heavy atom. The summed E-state index contributed by atoms with van der Waals surface area (Å²) < 4.78 is 2.05. The first kappa shape index (κ1) is 21.0. The third-order valence-electron chi connectivity index (χ3n) is 5.34. The first-order valence-corrected chi connectivity index (χ1v) is 11.3. The molecule has 2 N–H and O–H groups in total. The van der Waals surface area contributed by atoms with E-state index in [9.17, 15) is 9.59 Å². The predicted octanol–water partition coefficient (Wildman–Crippen LogP) is 4.18. The number of nitrogens with one attached hydrogen (secondary N) is 1. The molecule has 156 valence electrons. The maximum atomic E-state index is 13.3. The van der Waals surface area contributed by atoms with Gasteiger partial charge in [-0.3, -0.25) is 9.59 Å². The molecular weight excluding hydrogens is 420 g/mol. The van der Waals surface area contributed by atoms with E-state index in [1.807, 2.05) is 18.2 Å². The monoisotopic (exact) mass is 442 g/mol. The summed E-state index contributed by atoms with van der Waals surface area (Å²) in [5.74, 6) is 0.494. The number of amides is 1. The van der Waals surface area contributed by atoms with Crippen molar-refractivity contribution in [3.05, 3.63) is 74.5 Å². The Bertz CT molecular complexity index is 1160. The van der Waals surface area contributed by atoms with Crippen LogP contribution in [0, 0.1) is 0 Å². The van der Waals surface area contributed by atoms with Gasteiger partial charge in [0.2, 0.25) is 5.43 Å². The summed E-state index contributed by atoms with van der Waals surface area (Å²) in [4.78, 5) is 27.2. The number of hydrogen-bond donors (Lipinski definition) is 2. The minimum atomic E-state index is -0.381. The molecule has 1 amide bonds. The quantitative estimate of drug-likeness (QED) is 0.600. The number of thioether (sulfide) groups is 1. The molecule has 0 bridgehead atoms. The number of benzene rings is 2. The molecule has 1 aromatic heterocycles. The van der Waals surface area contributed by atoms with Crippen molar-refractivity contribution in [2.75, 3.05) is 12.4 Å². The highest BCUT2D eigenvalue weighted by molar-refractivity contribution is 7.99. The lowest BCUT2D eigenvalue weighted by Gasteiger charge is -2.26. The fraction of sp³-hybridized carbons (Fsp3) is 0.304. The van der Waals surface area contributed by atoms with Crippen LogP contribution in [0.4, 0.5) is 0 Å². The lowest BCUT2D eigenvalue weighted by molar-refractivity contribution is 0.0949. The average molecular weight is 443 g/mol. The number of aliphatic hydroxyl groups excluding tert-OH is 1. The van der Waals surface area contributed by atoms with Gasteiger partial charge in [-0.2, -0.15) is 0 Å². The van der Waals surface area contributed by atoms with Gasteiger partial charge in [0.25, 0.3) is 5.91 Å². The van der Waals surface area contributed by atoms with Crippen molar-refractivity contribution >= 4 is 40.2 Å². The van der Waals surface area contributed by atoms with E-state index in [1.54, 1.807) is 30.1 Å². The summed E-state index contributed by atoms with van der Waals surface area (Å²) in [7, 11) is 0. The molecular formula is C23H23ClN2O3S. The SMILES string of the molecule is CC1CSc2cc(CCCO)cc3c(=O)c(C(=O)NCc4ccc(Cl)cc4)cn1c23. The van der Waals surface area contributed by atoms with Crippen molar-refractivity contribution in [2.24, 2.45) is 0 Å². The van der Waals surface area contributed by atoms with Crippen LogP contribution in [0.2, 0.25) is 5.02 Å². The second-order valence-electron chi connectivity index (χ2n) is 7.57. The highest BCUT2D eigenvalue weighted by Crippen LogP contribution is 2.37. The fourth-order valence-corrected chi connectivity index (χ4v) is 5.02. The summed E-state index contributed by atoms with van der Waals surface area (Å²) >= 11 is 7.64. The molecule has 2 heterocycles. The lowest BCUT2D eigenvalue weighted by atomic mass is 10.0. The minimum Gasteiger partial charge on any atom is -0.396 e. The van der Waals surface area contributed by atoms with Crippen molar-refractivity contribution in [1.29, 1.82) is 0 Å². The van der Waals surface area contributed by atoms with Gasteiger partial charge in [0, 0.05) is 46.4 Å². The van der Waals surface area contributed by atoms with Crippen LogP contribution < -0.4 is 10.7 Å². The lowest BCUT2D eigenvalue weighted by Crippen LogP contribution is -2.31. The molecule has 1 atom stereocenters. The average Bonchev–Trinajstić information content (AvgIpc) is 2.75. The smallest absolute Gasteiger partial charge is 0.257 e. The third-order valence-corrected chi connectivity index (χ3v) is 6.86. The molecule has 4 rings (SSSR count). The van der Waals surface area contributed by atoms with Crippen LogP contribution in [0.3, 0.4) is 0 Å². The molecule has 3 aromatic rings. The zero-order valence-electron chi connectivity index (χ0n) is 16.7. The van der Waals surface area contributed by atoms with Crippen molar-refractivity contribution in [2.45, 2.75) is 37.2 Å². The first-order chi connectivity index (χ1) is 14.5. The van der Waals surface area contributed by atoms with Gasteiger partial charge < -0.3 is 15.0 Å². The molecule has 0 saturated heterocycles. The molecule has 0 aliphatic carbocycles. The zero-order chi connectivity index (χ0) is 21.3. The number of carbonyl (C=O) groups is 1. The normalized spacial score (nSPS) is 15.4. The highest BCUT2D eigenvalue weighted by Gasteiger charge is 2.24. The van der Waals surface area contributed by atoms with Gasteiger partial charge in [0.15, 0.2) is 0 Å². The van der Waals surface area contributed by atoms with Gasteiger partial charge >= 0.3 is 0 Å². The number of halogens is 1. The molecule has 0 fully saturated rings. The predicted molar refractivity (Wildman–Crippen MR) is 122 cm³/mol. The number of rotatable bonds is 6. The minimum absolute atomic E-state index is 0.106. The van der Waals surface area contributed by atoms with Gasteiger partial charge in [0.1, 0.15) is 5.56 Å². The van der Waals surface area contributed by atoms with Gasteiger partial charge in [-0.05, 0) is 55.2 Å². The second-order valence-corrected chi connectivity index (χ2v) is 9.06. The van der Waals surface area contributed by atoms with E-state index in [-0.39, 0.29) is 29.5 Å². The van der Waals surface area contributed by atoms with Crippen molar-refractivity contribution in [1.82, 2.24) is 9.88 Å². The summed E-state index contributed by atoms with van der Waals surface area (Å²) in [6.45, 7) is 2.52. The summed E-state index contributed by atoms with van der Waals surface area (Å²) in [6, 6.07) is 11.4. The Morgan fingerprint density at radius 2 is 2.03 bits per heavy atom. The molecule has 1 unspecified atom stereocenters. The number of carbonyl (C=O) groups excluding carboxylic acids is 1. The van der Waals surface area contributed by atoms with Gasteiger partial charge in [0.05, 0.1) is 5.52 Å². The number of aryl methyl sites for hydroxylation is 1. The topological polar surface area (TPSA) is 71.3 Å². The Hall–Kier alpha value is -2.28. The summed E-state index contributed by atoms with van der Waals surface area (Å²) in [5, 5.41) is 13.2. The van der Waals surface area contributed by atoms with Gasteiger partial charge in [-0.1, -0.05) is 23.7 Å². The van der Waals surface area contributed by atoms with Crippen LogP contribution in [0.1, 0.15) is 40.9 Å². The van der Waals surface area contributed by atoms with Gasteiger partial charge in [-0.15, -0.1) is 11.8 Å². The van der Waals surface area contributed by atoms with E-state index in [4.69, 9.17) is 16.7 Å². The third kappa shape index (κ3) is 4.13. The number of pyridine rings is 1. The fourth-order valence-electron chi connectivity index (χ4n) is 3.73. The summed E-state index contributed by atoms with van der Waals surface area (Å²) in [5.41, 5.74) is 2.71. The molecule has 0 radical (unpaired) electrons. The van der Waals surface area contributed by atoms with E-state index in [0.29, 0.717) is 29.8 Å². The molecule has 0 spiro atoms. The van der Waals surface area contributed by atoms with Crippen LogP contribution in [0.25, 0.3) is 10.9 Å². The molecule has 7 heteroatoms. The molecule has 30 heavy (non-hydrogen) atoms.